The molecule has 0 saturated carbocycles. The second-order valence-electron chi connectivity index (χ2n) is 4.85. The highest BCUT2D eigenvalue weighted by Gasteiger charge is 2.17. The lowest BCUT2D eigenvalue weighted by molar-refractivity contribution is 0.0934. The van der Waals surface area contributed by atoms with E-state index >= 15 is 0 Å². The first-order chi connectivity index (χ1) is 8.31. The number of carbonyl (C=O) groups excluding carboxylic acids is 1. The predicted octanol–water partition coefficient (Wildman–Crippen LogP) is 1.04. The van der Waals surface area contributed by atoms with Crippen LogP contribution in [-0.2, 0) is 17.8 Å². The molecule has 0 saturated heterocycles. The van der Waals surface area contributed by atoms with Crippen LogP contribution in [0.15, 0.2) is 6.07 Å². The van der Waals surface area contributed by atoms with Crippen molar-refractivity contribution < 1.29 is 9.00 Å². The van der Waals surface area contributed by atoms with Crippen molar-refractivity contribution in [3.05, 3.63) is 17.5 Å². The molecule has 1 aromatic heterocycles. The highest BCUT2D eigenvalue weighted by atomic mass is 32.2. The van der Waals surface area contributed by atoms with E-state index in [1.54, 1.807) is 24.1 Å². The molecule has 1 amide bonds. The Morgan fingerprint density at radius 2 is 2.11 bits per heavy atom. The van der Waals surface area contributed by atoms with E-state index < -0.39 is 10.8 Å². The van der Waals surface area contributed by atoms with E-state index in [0.29, 0.717) is 17.4 Å². The highest BCUT2D eigenvalue weighted by Crippen LogP contribution is 2.13. The average molecular weight is 271 g/mol. The number of aryl methyl sites for hydroxylation is 1. The molecule has 6 heteroatoms. The molecule has 0 fully saturated rings. The standard InChI is InChI=1S/C12H21N3O2S/c1-8(2)10-6-11(15(4)14-10)12(16)13-9(3)7-18(5)17/h6,8-9H,7H2,1-5H3,(H,13,16)/t9-,18+/m1/s1. The van der Waals surface area contributed by atoms with Gasteiger partial charge in [0.25, 0.3) is 5.91 Å². The Morgan fingerprint density at radius 3 is 2.56 bits per heavy atom. The predicted molar refractivity (Wildman–Crippen MR) is 73.2 cm³/mol. The number of hydrogen-bond acceptors (Lipinski definition) is 3. The fourth-order valence-corrected chi connectivity index (χ4v) is 2.46. The van der Waals surface area contributed by atoms with Gasteiger partial charge in [-0.2, -0.15) is 5.10 Å². The van der Waals surface area contributed by atoms with Crippen LogP contribution in [-0.4, -0.2) is 37.9 Å². The van der Waals surface area contributed by atoms with Gasteiger partial charge in [-0.15, -0.1) is 0 Å². The van der Waals surface area contributed by atoms with Crippen LogP contribution in [0.25, 0.3) is 0 Å². The first-order valence-electron chi connectivity index (χ1n) is 5.96. The molecule has 18 heavy (non-hydrogen) atoms. The molecule has 0 unspecified atom stereocenters. The zero-order valence-electron chi connectivity index (χ0n) is 11.6. The molecule has 0 aliphatic carbocycles. The minimum absolute atomic E-state index is 0.110. The van der Waals surface area contributed by atoms with Crippen molar-refractivity contribution in [3.63, 3.8) is 0 Å². The van der Waals surface area contributed by atoms with Gasteiger partial charge >= 0.3 is 0 Å². The van der Waals surface area contributed by atoms with Crippen LogP contribution in [0.2, 0.25) is 0 Å². The molecule has 0 spiro atoms. The lowest BCUT2D eigenvalue weighted by Gasteiger charge is -2.12. The topological polar surface area (TPSA) is 64.0 Å². The van der Waals surface area contributed by atoms with Crippen molar-refractivity contribution in [2.75, 3.05) is 12.0 Å². The molecule has 5 nitrogen and oxygen atoms in total. The summed E-state index contributed by atoms with van der Waals surface area (Å²) in [6.07, 6.45) is 1.63. The summed E-state index contributed by atoms with van der Waals surface area (Å²) >= 11 is 0. The molecular formula is C12H21N3O2S. The summed E-state index contributed by atoms with van der Waals surface area (Å²) in [6, 6.07) is 1.69. The van der Waals surface area contributed by atoms with Gasteiger partial charge in [-0.25, -0.2) is 0 Å². The molecule has 2 atom stereocenters. The number of hydrogen-bond donors (Lipinski definition) is 1. The third-order valence-electron chi connectivity index (χ3n) is 2.59. The number of carbonyl (C=O) groups is 1. The van der Waals surface area contributed by atoms with Crippen LogP contribution >= 0.6 is 0 Å². The van der Waals surface area contributed by atoms with E-state index in [-0.39, 0.29) is 11.9 Å². The number of nitrogens with zero attached hydrogens (tertiary/aromatic N) is 2. The normalized spacial score (nSPS) is 14.6. The van der Waals surface area contributed by atoms with Gasteiger partial charge < -0.3 is 5.32 Å². The first kappa shape index (κ1) is 14.9. The van der Waals surface area contributed by atoms with Crippen LogP contribution in [0.4, 0.5) is 0 Å². The van der Waals surface area contributed by atoms with Crippen molar-refractivity contribution in [2.24, 2.45) is 7.05 Å². The van der Waals surface area contributed by atoms with Gasteiger partial charge in [0.1, 0.15) is 5.69 Å². The van der Waals surface area contributed by atoms with Crippen molar-refractivity contribution in [2.45, 2.75) is 32.7 Å². The lowest BCUT2D eigenvalue weighted by Crippen LogP contribution is -2.37. The van der Waals surface area contributed by atoms with Crippen LogP contribution < -0.4 is 5.32 Å². The highest BCUT2D eigenvalue weighted by molar-refractivity contribution is 7.84. The lowest BCUT2D eigenvalue weighted by atomic mass is 10.1. The van der Waals surface area contributed by atoms with E-state index in [1.165, 1.54) is 0 Å². The molecule has 0 aromatic carbocycles. The van der Waals surface area contributed by atoms with Gasteiger partial charge in [0, 0.05) is 35.9 Å². The van der Waals surface area contributed by atoms with E-state index in [9.17, 15) is 9.00 Å². The SMILES string of the molecule is CC(C)c1cc(C(=O)N[C@H](C)C[S@](C)=O)n(C)n1. The average Bonchev–Trinajstić information content (AvgIpc) is 2.58. The minimum atomic E-state index is -0.913. The molecule has 0 aliphatic rings. The summed E-state index contributed by atoms with van der Waals surface area (Å²) in [5, 5.41) is 7.12. The van der Waals surface area contributed by atoms with Crippen molar-refractivity contribution in [3.8, 4) is 0 Å². The largest absolute Gasteiger partial charge is 0.347 e. The van der Waals surface area contributed by atoms with Crippen LogP contribution in [0.3, 0.4) is 0 Å². The molecule has 1 heterocycles. The van der Waals surface area contributed by atoms with Crippen LogP contribution in [0.1, 0.15) is 42.9 Å². The van der Waals surface area contributed by atoms with E-state index in [4.69, 9.17) is 0 Å². The summed E-state index contributed by atoms with van der Waals surface area (Å²) in [7, 11) is 0.840. The summed E-state index contributed by atoms with van der Waals surface area (Å²) < 4.78 is 12.7. The van der Waals surface area contributed by atoms with Crippen LogP contribution in [0.5, 0.6) is 0 Å². The van der Waals surface area contributed by atoms with Gasteiger partial charge in [-0.1, -0.05) is 13.8 Å². The van der Waals surface area contributed by atoms with Gasteiger partial charge in [0.15, 0.2) is 0 Å². The van der Waals surface area contributed by atoms with Gasteiger partial charge in [-0.3, -0.25) is 13.7 Å². The Bertz CT molecular complexity index is 454. The Labute approximate surface area is 110 Å². The zero-order chi connectivity index (χ0) is 13.9. The maximum absolute atomic E-state index is 12.0. The Morgan fingerprint density at radius 1 is 1.50 bits per heavy atom. The molecular weight excluding hydrogens is 250 g/mol. The van der Waals surface area contributed by atoms with Gasteiger partial charge in [-0.05, 0) is 18.9 Å². The second-order valence-corrected chi connectivity index (χ2v) is 6.33. The fraction of sp³-hybridized carbons (Fsp3) is 0.667. The fourth-order valence-electron chi connectivity index (χ4n) is 1.68. The summed E-state index contributed by atoms with van der Waals surface area (Å²) in [6.45, 7) is 5.92. The summed E-state index contributed by atoms with van der Waals surface area (Å²) in [5.41, 5.74) is 1.43. The Kier molecular flexibility index (Phi) is 5.07. The van der Waals surface area contributed by atoms with E-state index in [2.05, 4.69) is 10.4 Å². The van der Waals surface area contributed by atoms with Crippen molar-refractivity contribution in [1.82, 2.24) is 15.1 Å². The number of rotatable bonds is 5. The monoisotopic (exact) mass is 271 g/mol. The van der Waals surface area contributed by atoms with E-state index in [0.717, 1.165) is 5.69 Å². The van der Waals surface area contributed by atoms with Crippen LogP contribution in [0, 0.1) is 0 Å². The molecule has 1 aromatic rings. The second kappa shape index (κ2) is 6.13. The summed E-state index contributed by atoms with van der Waals surface area (Å²) in [5.74, 6) is 0.578. The molecule has 1 N–H and O–H groups in total. The van der Waals surface area contributed by atoms with Gasteiger partial charge in [0.05, 0.1) is 5.69 Å². The summed E-state index contributed by atoms with van der Waals surface area (Å²) in [4.78, 5) is 12.0. The van der Waals surface area contributed by atoms with Crippen molar-refractivity contribution >= 4 is 16.7 Å². The molecule has 0 aliphatic heterocycles. The van der Waals surface area contributed by atoms with E-state index in [1.807, 2.05) is 20.8 Å². The Hall–Kier alpha value is -1.17. The van der Waals surface area contributed by atoms with Gasteiger partial charge in [0.2, 0.25) is 0 Å². The number of nitrogens with one attached hydrogen (secondary N) is 1. The molecule has 0 bridgehead atoms. The van der Waals surface area contributed by atoms with Crippen molar-refractivity contribution in [1.29, 1.82) is 0 Å². The Balaban J connectivity index is 2.75. The third-order valence-corrected chi connectivity index (χ3v) is 3.55. The maximum atomic E-state index is 12.0. The molecule has 1 rings (SSSR count). The zero-order valence-corrected chi connectivity index (χ0v) is 12.4. The smallest absolute Gasteiger partial charge is 0.269 e. The minimum Gasteiger partial charge on any atom is -0.347 e. The molecule has 0 radical (unpaired) electrons. The quantitative estimate of drug-likeness (QED) is 0.870. The molecule has 102 valence electrons. The first-order valence-corrected chi connectivity index (χ1v) is 7.68. The number of aromatic nitrogens is 2. The number of amides is 1. The third kappa shape index (κ3) is 3.94. The maximum Gasteiger partial charge on any atom is 0.269 e.